The van der Waals surface area contributed by atoms with Gasteiger partial charge >= 0.3 is 0 Å². The molecule has 0 saturated heterocycles. The number of thiophene rings is 1. The summed E-state index contributed by atoms with van der Waals surface area (Å²) in [7, 11) is 0. The van der Waals surface area contributed by atoms with Gasteiger partial charge in [0.2, 0.25) is 0 Å². The molecule has 2 N–H and O–H groups in total. The van der Waals surface area contributed by atoms with E-state index in [9.17, 15) is 5.11 Å². The second kappa shape index (κ2) is 6.89. The molecule has 1 saturated carbocycles. The molecule has 0 aromatic carbocycles. The van der Waals surface area contributed by atoms with Crippen molar-refractivity contribution in [3.8, 4) is 6.07 Å². The van der Waals surface area contributed by atoms with E-state index in [0.717, 1.165) is 24.9 Å². The SMILES string of the molecule is N#Cc1csc(CNC2CCCCCC2CO)c1. The molecule has 4 heteroatoms. The van der Waals surface area contributed by atoms with Gasteiger partial charge in [-0.2, -0.15) is 5.26 Å². The van der Waals surface area contributed by atoms with Crippen LogP contribution in [-0.2, 0) is 6.54 Å². The first-order valence-electron chi connectivity index (χ1n) is 6.65. The molecule has 1 heterocycles. The molecule has 18 heavy (non-hydrogen) atoms. The van der Waals surface area contributed by atoms with Crippen LogP contribution in [0.5, 0.6) is 0 Å². The van der Waals surface area contributed by atoms with Crippen LogP contribution in [0, 0.1) is 17.2 Å². The van der Waals surface area contributed by atoms with Crippen LogP contribution in [-0.4, -0.2) is 17.8 Å². The normalized spacial score (nSPS) is 24.4. The number of nitrogens with zero attached hydrogens (tertiary/aromatic N) is 1. The Labute approximate surface area is 112 Å². The first kappa shape index (κ1) is 13.5. The zero-order chi connectivity index (χ0) is 12.8. The quantitative estimate of drug-likeness (QED) is 0.822. The van der Waals surface area contributed by atoms with Gasteiger partial charge in [0.05, 0.1) is 5.56 Å². The number of aliphatic hydroxyl groups is 1. The highest BCUT2D eigenvalue weighted by molar-refractivity contribution is 7.10. The van der Waals surface area contributed by atoms with E-state index in [-0.39, 0.29) is 6.61 Å². The van der Waals surface area contributed by atoms with E-state index in [4.69, 9.17) is 5.26 Å². The van der Waals surface area contributed by atoms with Crippen LogP contribution >= 0.6 is 11.3 Å². The van der Waals surface area contributed by atoms with Crippen molar-refractivity contribution in [2.24, 2.45) is 5.92 Å². The zero-order valence-corrected chi connectivity index (χ0v) is 11.4. The van der Waals surface area contributed by atoms with Crippen LogP contribution in [0.3, 0.4) is 0 Å². The molecule has 2 unspecified atom stereocenters. The standard InChI is InChI=1S/C14H20N2OS/c15-7-11-6-13(18-10-11)8-16-14-5-3-1-2-4-12(14)9-17/h6,10,12,14,16-17H,1-5,8-9H2. The fraction of sp³-hybridized carbons (Fsp3) is 0.643. The van der Waals surface area contributed by atoms with Crippen LogP contribution in [0.4, 0.5) is 0 Å². The van der Waals surface area contributed by atoms with Gasteiger partial charge in [-0.3, -0.25) is 0 Å². The molecule has 2 atom stereocenters. The summed E-state index contributed by atoms with van der Waals surface area (Å²) >= 11 is 1.63. The third-order valence-corrected chi connectivity index (χ3v) is 4.65. The summed E-state index contributed by atoms with van der Waals surface area (Å²) in [6, 6.07) is 4.53. The van der Waals surface area contributed by atoms with Gasteiger partial charge in [-0.15, -0.1) is 11.3 Å². The van der Waals surface area contributed by atoms with Crippen LogP contribution in [0.25, 0.3) is 0 Å². The van der Waals surface area contributed by atoms with E-state index < -0.39 is 0 Å². The molecule has 0 radical (unpaired) electrons. The van der Waals surface area contributed by atoms with Crippen LogP contribution in [0.15, 0.2) is 11.4 Å². The average Bonchev–Trinajstić information content (AvgIpc) is 2.74. The van der Waals surface area contributed by atoms with Gasteiger partial charge in [0, 0.05) is 29.5 Å². The van der Waals surface area contributed by atoms with Gasteiger partial charge in [-0.1, -0.05) is 19.3 Å². The molecular weight excluding hydrogens is 244 g/mol. The number of hydrogen-bond donors (Lipinski definition) is 2. The lowest BCUT2D eigenvalue weighted by molar-refractivity contribution is 0.181. The minimum Gasteiger partial charge on any atom is -0.396 e. The fourth-order valence-electron chi connectivity index (χ4n) is 2.64. The number of aliphatic hydroxyl groups excluding tert-OH is 1. The topological polar surface area (TPSA) is 56.0 Å². The van der Waals surface area contributed by atoms with Crippen molar-refractivity contribution in [2.75, 3.05) is 6.61 Å². The summed E-state index contributed by atoms with van der Waals surface area (Å²) in [6.45, 7) is 1.10. The Morgan fingerprint density at radius 1 is 1.39 bits per heavy atom. The number of rotatable bonds is 4. The Balaban J connectivity index is 1.89. The van der Waals surface area contributed by atoms with Gasteiger partial charge < -0.3 is 10.4 Å². The van der Waals surface area contributed by atoms with Crippen LogP contribution < -0.4 is 5.32 Å². The lowest BCUT2D eigenvalue weighted by Crippen LogP contribution is -2.36. The molecule has 98 valence electrons. The largest absolute Gasteiger partial charge is 0.396 e. The molecule has 1 fully saturated rings. The molecule has 2 rings (SSSR count). The first-order valence-corrected chi connectivity index (χ1v) is 7.53. The molecule has 1 aliphatic rings. The molecule has 1 aliphatic carbocycles. The minimum absolute atomic E-state index is 0.283. The van der Waals surface area contributed by atoms with Crippen molar-refractivity contribution >= 4 is 11.3 Å². The molecule has 1 aromatic heterocycles. The Morgan fingerprint density at radius 2 is 2.22 bits per heavy atom. The Bertz CT molecular complexity index is 410. The predicted molar refractivity (Wildman–Crippen MR) is 73.3 cm³/mol. The van der Waals surface area contributed by atoms with E-state index >= 15 is 0 Å². The van der Waals surface area contributed by atoms with Gasteiger partial charge in [-0.25, -0.2) is 0 Å². The maximum atomic E-state index is 9.45. The van der Waals surface area contributed by atoms with Crippen molar-refractivity contribution < 1.29 is 5.11 Å². The summed E-state index contributed by atoms with van der Waals surface area (Å²) in [4.78, 5) is 1.20. The van der Waals surface area contributed by atoms with Gasteiger partial charge in [0.15, 0.2) is 0 Å². The second-order valence-electron chi connectivity index (χ2n) is 4.98. The monoisotopic (exact) mass is 264 g/mol. The van der Waals surface area contributed by atoms with Crippen LogP contribution in [0.1, 0.15) is 42.5 Å². The minimum atomic E-state index is 0.283. The van der Waals surface area contributed by atoms with Crippen molar-refractivity contribution in [3.05, 3.63) is 21.9 Å². The third-order valence-electron chi connectivity index (χ3n) is 3.71. The summed E-state index contributed by atoms with van der Waals surface area (Å²) in [5, 5.41) is 23.7. The van der Waals surface area contributed by atoms with Crippen molar-refractivity contribution in [1.82, 2.24) is 5.32 Å². The molecule has 0 amide bonds. The van der Waals surface area contributed by atoms with E-state index in [2.05, 4.69) is 11.4 Å². The highest BCUT2D eigenvalue weighted by atomic mass is 32.1. The lowest BCUT2D eigenvalue weighted by Gasteiger charge is -2.24. The Hall–Kier alpha value is -0.890. The second-order valence-corrected chi connectivity index (χ2v) is 5.98. The summed E-state index contributed by atoms with van der Waals surface area (Å²) in [5.74, 6) is 0.392. The highest BCUT2D eigenvalue weighted by Gasteiger charge is 2.22. The number of nitriles is 1. The zero-order valence-electron chi connectivity index (χ0n) is 10.6. The fourth-order valence-corrected chi connectivity index (χ4v) is 3.40. The van der Waals surface area contributed by atoms with Crippen molar-refractivity contribution in [3.63, 3.8) is 0 Å². The van der Waals surface area contributed by atoms with E-state index in [1.165, 1.54) is 24.1 Å². The molecule has 1 aromatic rings. The predicted octanol–water partition coefficient (Wildman–Crippen LogP) is 2.65. The molecule has 0 bridgehead atoms. The molecular formula is C14H20N2OS. The summed E-state index contributed by atoms with van der Waals surface area (Å²) < 4.78 is 0. The van der Waals surface area contributed by atoms with Gasteiger partial charge in [-0.05, 0) is 24.8 Å². The third kappa shape index (κ3) is 3.55. The maximum absolute atomic E-state index is 9.45. The van der Waals surface area contributed by atoms with Gasteiger partial charge in [0.1, 0.15) is 6.07 Å². The number of hydrogen-bond acceptors (Lipinski definition) is 4. The maximum Gasteiger partial charge on any atom is 0.100 e. The van der Waals surface area contributed by atoms with E-state index in [0.29, 0.717) is 12.0 Å². The number of nitrogens with one attached hydrogen (secondary N) is 1. The van der Waals surface area contributed by atoms with Crippen molar-refractivity contribution in [2.45, 2.75) is 44.7 Å². The average molecular weight is 264 g/mol. The molecule has 3 nitrogen and oxygen atoms in total. The summed E-state index contributed by atoms with van der Waals surface area (Å²) in [6.07, 6.45) is 6.05. The molecule has 0 spiro atoms. The Morgan fingerprint density at radius 3 is 2.94 bits per heavy atom. The van der Waals surface area contributed by atoms with Crippen LogP contribution in [0.2, 0.25) is 0 Å². The molecule has 0 aliphatic heterocycles. The first-order chi connectivity index (χ1) is 8.83. The Kier molecular flexibility index (Phi) is 5.18. The summed E-state index contributed by atoms with van der Waals surface area (Å²) in [5.41, 5.74) is 0.747. The van der Waals surface area contributed by atoms with Crippen molar-refractivity contribution in [1.29, 1.82) is 5.26 Å². The van der Waals surface area contributed by atoms with Gasteiger partial charge in [0.25, 0.3) is 0 Å². The smallest absolute Gasteiger partial charge is 0.100 e. The highest BCUT2D eigenvalue weighted by Crippen LogP contribution is 2.24. The van der Waals surface area contributed by atoms with E-state index in [1.807, 2.05) is 11.4 Å². The lowest BCUT2D eigenvalue weighted by atomic mass is 9.95. The van der Waals surface area contributed by atoms with E-state index in [1.54, 1.807) is 11.3 Å².